The van der Waals surface area contributed by atoms with Crippen molar-refractivity contribution in [3.63, 3.8) is 0 Å². The molecule has 98 valence electrons. The molecular weight excluding hydrogens is 262 g/mol. The second-order valence-electron chi connectivity index (χ2n) is 4.61. The maximum Gasteiger partial charge on any atom is 0.244 e. The van der Waals surface area contributed by atoms with E-state index in [0.29, 0.717) is 12.8 Å². The molecule has 1 aromatic carbocycles. The molecule has 0 atom stereocenters. The Hall–Kier alpha value is -1.89. The summed E-state index contributed by atoms with van der Waals surface area (Å²) in [4.78, 5) is 0.0515. The fourth-order valence-electron chi connectivity index (χ4n) is 2.12. The summed E-state index contributed by atoms with van der Waals surface area (Å²) in [6.07, 6.45) is 1.96. The van der Waals surface area contributed by atoms with Crippen molar-refractivity contribution in [3.05, 3.63) is 29.8 Å². The van der Waals surface area contributed by atoms with Gasteiger partial charge in [-0.25, -0.2) is 8.42 Å². The Labute approximate surface area is 112 Å². The van der Waals surface area contributed by atoms with Crippen LogP contribution in [0.25, 0.3) is 0 Å². The third-order valence-corrected chi connectivity index (χ3v) is 5.53. The predicted molar refractivity (Wildman–Crippen MR) is 68.3 cm³/mol. The van der Waals surface area contributed by atoms with Gasteiger partial charge in [-0.05, 0) is 37.5 Å². The number of benzene rings is 1. The van der Waals surface area contributed by atoms with Crippen LogP contribution in [0.15, 0.2) is 29.2 Å². The summed E-state index contributed by atoms with van der Waals surface area (Å²) in [5, 5.41) is 18.0. The second kappa shape index (κ2) is 4.65. The van der Waals surface area contributed by atoms with Crippen molar-refractivity contribution in [2.24, 2.45) is 0 Å². The molecule has 0 heterocycles. The van der Waals surface area contributed by atoms with E-state index in [4.69, 9.17) is 5.26 Å². The van der Waals surface area contributed by atoms with Crippen LogP contribution in [-0.2, 0) is 10.0 Å². The summed E-state index contributed by atoms with van der Waals surface area (Å²) < 4.78 is 26.1. The van der Waals surface area contributed by atoms with Gasteiger partial charge in [-0.1, -0.05) is 6.07 Å². The van der Waals surface area contributed by atoms with Crippen LogP contribution < -0.4 is 0 Å². The zero-order valence-electron chi connectivity index (χ0n) is 10.5. The van der Waals surface area contributed by atoms with E-state index in [-0.39, 0.29) is 10.5 Å². The molecule has 1 aliphatic rings. The lowest BCUT2D eigenvalue weighted by molar-refractivity contribution is 0.171. The second-order valence-corrected chi connectivity index (χ2v) is 6.58. The van der Waals surface area contributed by atoms with E-state index >= 15 is 0 Å². The van der Waals surface area contributed by atoms with Crippen molar-refractivity contribution >= 4 is 10.0 Å². The standard InChI is InChI=1S/C13H13N3O2S/c1-16(13(10-15)6-3-7-13)19(17,18)12-5-2-4-11(8-12)9-14/h2,4-5,8H,3,6-7H2,1H3. The van der Waals surface area contributed by atoms with Crippen LogP contribution in [0.3, 0.4) is 0 Å². The number of nitrogens with zero attached hydrogens (tertiary/aromatic N) is 3. The first-order valence-corrected chi connectivity index (χ1v) is 7.31. The largest absolute Gasteiger partial charge is 0.244 e. The molecule has 0 unspecified atom stereocenters. The van der Waals surface area contributed by atoms with Crippen LogP contribution in [-0.4, -0.2) is 25.3 Å². The van der Waals surface area contributed by atoms with Crippen LogP contribution in [0.5, 0.6) is 0 Å². The van der Waals surface area contributed by atoms with Crippen LogP contribution >= 0.6 is 0 Å². The molecule has 0 amide bonds. The van der Waals surface area contributed by atoms with E-state index in [1.165, 1.54) is 25.2 Å². The van der Waals surface area contributed by atoms with Crippen molar-refractivity contribution in [1.82, 2.24) is 4.31 Å². The van der Waals surface area contributed by atoms with E-state index in [9.17, 15) is 13.7 Å². The molecule has 6 heteroatoms. The smallest absolute Gasteiger partial charge is 0.207 e. The number of sulfonamides is 1. The Balaban J connectivity index is 2.43. The molecule has 0 spiro atoms. The van der Waals surface area contributed by atoms with Crippen LogP contribution in [0, 0.1) is 22.7 Å². The third kappa shape index (κ3) is 2.10. The zero-order chi connectivity index (χ0) is 14.1. The van der Waals surface area contributed by atoms with Crippen molar-refractivity contribution in [2.75, 3.05) is 7.05 Å². The molecule has 5 nitrogen and oxygen atoms in total. The molecule has 1 fully saturated rings. The molecule has 1 aromatic rings. The predicted octanol–water partition coefficient (Wildman–Crippen LogP) is 1.63. The average Bonchev–Trinajstić information content (AvgIpc) is 2.38. The number of hydrogen-bond acceptors (Lipinski definition) is 4. The summed E-state index contributed by atoms with van der Waals surface area (Å²) in [5.74, 6) is 0. The molecule has 0 N–H and O–H groups in total. The van der Waals surface area contributed by atoms with Gasteiger partial charge in [-0.15, -0.1) is 0 Å². The Morgan fingerprint density at radius 1 is 1.32 bits per heavy atom. The Kier molecular flexibility index (Phi) is 3.32. The number of hydrogen-bond donors (Lipinski definition) is 0. The molecule has 0 saturated heterocycles. The average molecular weight is 275 g/mol. The maximum absolute atomic E-state index is 12.5. The van der Waals surface area contributed by atoms with E-state index in [1.54, 1.807) is 6.07 Å². The van der Waals surface area contributed by atoms with Crippen LogP contribution in [0.1, 0.15) is 24.8 Å². The van der Waals surface area contributed by atoms with Gasteiger partial charge in [0.25, 0.3) is 0 Å². The molecule has 19 heavy (non-hydrogen) atoms. The summed E-state index contributed by atoms with van der Waals surface area (Å²) >= 11 is 0. The normalized spacial score (nSPS) is 17.3. The van der Waals surface area contributed by atoms with Gasteiger partial charge in [0, 0.05) is 7.05 Å². The van der Waals surface area contributed by atoms with E-state index in [0.717, 1.165) is 10.7 Å². The minimum Gasteiger partial charge on any atom is -0.207 e. The van der Waals surface area contributed by atoms with Gasteiger partial charge in [0.05, 0.1) is 22.6 Å². The van der Waals surface area contributed by atoms with Gasteiger partial charge in [0.1, 0.15) is 5.54 Å². The van der Waals surface area contributed by atoms with E-state index in [2.05, 4.69) is 6.07 Å². The minimum absolute atomic E-state index is 0.0515. The lowest BCUT2D eigenvalue weighted by atomic mass is 9.78. The van der Waals surface area contributed by atoms with Gasteiger partial charge < -0.3 is 0 Å². The Bertz CT molecular complexity index is 679. The van der Waals surface area contributed by atoms with Crippen LogP contribution in [0.4, 0.5) is 0 Å². The highest BCUT2D eigenvalue weighted by Gasteiger charge is 2.46. The summed E-state index contributed by atoms with van der Waals surface area (Å²) in [5.41, 5.74) is -0.643. The van der Waals surface area contributed by atoms with Gasteiger partial charge >= 0.3 is 0 Å². The molecule has 0 aromatic heterocycles. The SMILES string of the molecule is CN(C1(C#N)CCC1)S(=O)(=O)c1cccc(C#N)c1. The number of rotatable bonds is 3. The maximum atomic E-state index is 12.5. The van der Waals surface area contributed by atoms with Crippen molar-refractivity contribution < 1.29 is 8.42 Å². The third-order valence-electron chi connectivity index (χ3n) is 3.61. The highest BCUT2D eigenvalue weighted by Crippen LogP contribution is 2.39. The zero-order valence-corrected chi connectivity index (χ0v) is 11.3. The van der Waals surface area contributed by atoms with Crippen molar-refractivity contribution in [2.45, 2.75) is 29.7 Å². The van der Waals surface area contributed by atoms with E-state index < -0.39 is 15.6 Å². The molecule has 1 aliphatic carbocycles. The fraction of sp³-hybridized carbons (Fsp3) is 0.385. The van der Waals surface area contributed by atoms with Crippen molar-refractivity contribution in [3.8, 4) is 12.1 Å². The summed E-state index contributed by atoms with van der Waals surface area (Å²) in [7, 11) is -2.32. The molecule has 0 bridgehead atoms. The summed E-state index contributed by atoms with van der Waals surface area (Å²) in [6.45, 7) is 0. The highest BCUT2D eigenvalue weighted by molar-refractivity contribution is 7.89. The first-order valence-electron chi connectivity index (χ1n) is 5.87. The topological polar surface area (TPSA) is 85.0 Å². The summed E-state index contributed by atoms with van der Waals surface area (Å²) in [6, 6.07) is 9.85. The quantitative estimate of drug-likeness (QED) is 0.839. The Morgan fingerprint density at radius 3 is 2.47 bits per heavy atom. The van der Waals surface area contributed by atoms with Crippen molar-refractivity contribution in [1.29, 1.82) is 10.5 Å². The van der Waals surface area contributed by atoms with Gasteiger partial charge in [-0.3, -0.25) is 0 Å². The lowest BCUT2D eigenvalue weighted by Gasteiger charge is -2.41. The van der Waals surface area contributed by atoms with Gasteiger partial charge in [0.2, 0.25) is 10.0 Å². The molecule has 2 rings (SSSR count). The molecular formula is C13H13N3O2S. The van der Waals surface area contributed by atoms with Gasteiger partial charge in [-0.2, -0.15) is 14.8 Å². The van der Waals surface area contributed by atoms with Gasteiger partial charge in [0.15, 0.2) is 0 Å². The first-order chi connectivity index (χ1) is 8.96. The monoisotopic (exact) mass is 275 g/mol. The Morgan fingerprint density at radius 2 is 2.00 bits per heavy atom. The fourth-order valence-corrected chi connectivity index (χ4v) is 3.65. The van der Waals surface area contributed by atoms with E-state index in [1.807, 2.05) is 6.07 Å². The number of nitriles is 2. The molecule has 0 aliphatic heterocycles. The molecule has 1 saturated carbocycles. The molecule has 0 radical (unpaired) electrons. The highest BCUT2D eigenvalue weighted by atomic mass is 32.2. The van der Waals surface area contributed by atoms with Crippen LogP contribution in [0.2, 0.25) is 0 Å². The minimum atomic E-state index is -3.74. The lowest BCUT2D eigenvalue weighted by Crippen LogP contribution is -2.53. The first kappa shape index (κ1) is 13.5.